The summed E-state index contributed by atoms with van der Waals surface area (Å²) in [5, 5.41) is 0. The third-order valence-corrected chi connectivity index (χ3v) is 4.54. The van der Waals surface area contributed by atoms with Gasteiger partial charge in [0.2, 0.25) is 0 Å². The van der Waals surface area contributed by atoms with Crippen molar-refractivity contribution >= 4 is 6.29 Å². The average molecular weight is 284 g/mol. The molecule has 0 aliphatic heterocycles. The highest BCUT2D eigenvalue weighted by atomic mass is 16.1. The Morgan fingerprint density at radius 3 is 2.81 bits per heavy atom. The molecular weight excluding hydrogens is 256 g/mol. The van der Waals surface area contributed by atoms with Gasteiger partial charge in [0.25, 0.3) is 0 Å². The molecule has 0 aromatic heterocycles. The van der Waals surface area contributed by atoms with Gasteiger partial charge in [0.05, 0.1) is 0 Å². The van der Waals surface area contributed by atoms with Crippen LogP contribution in [0.3, 0.4) is 0 Å². The minimum absolute atomic E-state index is 0.428. The van der Waals surface area contributed by atoms with Gasteiger partial charge in [-0.25, -0.2) is 0 Å². The largest absolute Gasteiger partial charge is 0.303 e. The molecule has 3 unspecified atom stereocenters. The molecule has 2 rings (SSSR count). The Kier molecular flexibility index (Phi) is 7.28. The molecule has 21 heavy (non-hydrogen) atoms. The molecule has 2 aliphatic rings. The molecule has 1 nitrogen and oxygen atoms in total. The van der Waals surface area contributed by atoms with Gasteiger partial charge in [-0.2, -0.15) is 0 Å². The van der Waals surface area contributed by atoms with Gasteiger partial charge in [-0.05, 0) is 62.7 Å². The number of carbonyl (C=O) groups excluding carboxylic acids is 1. The van der Waals surface area contributed by atoms with Crippen LogP contribution in [-0.4, -0.2) is 6.29 Å². The molecule has 0 fully saturated rings. The summed E-state index contributed by atoms with van der Waals surface area (Å²) in [6.45, 7) is 0. The lowest BCUT2D eigenvalue weighted by molar-refractivity contribution is -0.108. The Bertz CT molecular complexity index is 414. The third-order valence-electron chi connectivity index (χ3n) is 4.54. The summed E-state index contributed by atoms with van der Waals surface area (Å²) < 4.78 is 0. The van der Waals surface area contributed by atoms with E-state index in [1.807, 2.05) is 0 Å². The molecule has 0 saturated heterocycles. The van der Waals surface area contributed by atoms with E-state index in [-0.39, 0.29) is 0 Å². The van der Waals surface area contributed by atoms with Gasteiger partial charge in [-0.3, -0.25) is 0 Å². The molecule has 0 spiro atoms. The Labute approximate surface area is 129 Å². The van der Waals surface area contributed by atoms with E-state index >= 15 is 0 Å². The Morgan fingerprint density at radius 2 is 2.10 bits per heavy atom. The predicted octanol–water partition coefficient (Wildman–Crippen LogP) is 5.41. The smallest absolute Gasteiger partial charge is 0.120 e. The SMILES string of the molecule is O=CCC(C=CCCC1C=CC=CC1)CC1C=CCCC1. The number of rotatable bonds is 8. The lowest BCUT2D eigenvalue weighted by atomic mass is 9.85. The van der Waals surface area contributed by atoms with E-state index in [1.54, 1.807) is 0 Å². The predicted molar refractivity (Wildman–Crippen MR) is 90.0 cm³/mol. The van der Waals surface area contributed by atoms with Gasteiger partial charge < -0.3 is 4.79 Å². The van der Waals surface area contributed by atoms with Crippen LogP contribution in [-0.2, 0) is 4.79 Å². The maximum atomic E-state index is 10.9. The quantitative estimate of drug-likeness (QED) is 0.430. The van der Waals surface area contributed by atoms with Gasteiger partial charge in [0.15, 0.2) is 0 Å². The highest BCUT2D eigenvalue weighted by molar-refractivity contribution is 5.50. The van der Waals surface area contributed by atoms with Crippen LogP contribution in [0.25, 0.3) is 0 Å². The lowest BCUT2D eigenvalue weighted by Crippen LogP contribution is -2.08. The highest BCUT2D eigenvalue weighted by Crippen LogP contribution is 2.26. The minimum atomic E-state index is 0.428. The van der Waals surface area contributed by atoms with Crippen molar-refractivity contribution < 1.29 is 4.79 Å². The summed E-state index contributed by atoms with van der Waals surface area (Å²) in [7, 11) is 0. The first-order valence-electron chi connectivity index (χ1n) is 8.48. The molecule has 114 valence electrons. The van der Waals surface area contributed by atoms with Crippen LogP contribution < -0.4 is 0 Å². The zero-order valence-corrected chi connectivity index (χ0v) is 13.0. The van der Waals surface area contributed by atoms with E-state index in [0.29, 0.717) is 24.2 Å². The molecule has 0 saturated carbocycles. The Morgan fingerprint density at radius 1 is 1.14 bits per heavy atom. The van der Waals surface area contributed by atoms with Gasteiger partial charge in [-0.1, -0.05) is 48.6 Å². The Balaban J connectivity index is 1.72. The maximum absolute atomic E-state index is 10.9. The average Bonchev–Trinajstić information content (AvgIpc) is 2.54. The first-order chi connectivity index (χ1) is 10.4. The van der Waals surface area contributed by atoms with E-state index in [2.05, 4.69) is 48.6 Å². The maximum Gasteiger partial charge on any atom is 0.120 e. The van der Waals surface area contributed by atoms with Crippen molar-refractivity contribution in [2.75, 3.05) is 0 Å². The van der Waals surface area contributed by atoms with Crippen molar-refractivity contribution in [2.45, 2.75) is 51.4 Å². The number of hydrogen-bond acceptors (Lipinski definition) is 1. The molecular formula is C20H28O. The molecule has 0 amide bonds. The summed E-state index contributed by atoms with van der Waals surface area (Å²) in [4.78, 5) is 10.9. The molecule has 0 aromatic carbocycles. The number of hydrogen-bond donors (Lipinski definition) is 0. The zero-order chi connectivity index (χ0) is 14.8. The molecule has 0 N–H and O–H groups in total. The van der Waals surface area contributed by atoms with Crippen molar-refractivity contribution in [3.05, 3.63) is 48.6 Å². The van der Waals surface area contributed by atoms with Crippen LogP contribution in [0.5, 0.6) is 0 Å². The van der Waals surface area contributed by atoms with Crippen LogP contribution in [0, 0.1) is 17.8 Å². The minimum Gasteiger partial charge on any atom is -0.303 e. The van der Waals surface area contributed by atoms with Crippen LogP contribution in [0.4, 0.5) is 0 Å². The topological polar surface area (TPSA) is 17.1 Å². The fourth-order valence-corrected chi connectivity index (χ4v) is 3.29. The number of carbonyl (C=O) groups is 1. The summed E-state index contributed by atoms with van der Waals surface area (Å²) in [6.07, 6.45) is 28.3. The van der Waals surface area contributed by atoms with Crippen molar-refractivity contribution in [1.29, 1.82) is 0 Å². The second kappa shape index (κ2) is 9.55. The van der Waals surface area contributed by atoms with Gasteiger partial charge >= 0.3 is 0 Å². The normalized spacial score (nSPS) is 26.3. The molecule has 2 aliphatic carbocycles. The molecule has 0 aromatic rings. The molecule has 0 radical (unpaired) electrons. The summed E-state index contributed by atoms with van der Waals surface area (Å²) in [5.41, 5.74) is 0. The summed E-state index contributed by atoms with van der Waals surface area (Å²) in [5.74, 6) is 1.81. The number of allylic oxidation sites excluding steroid dienone is 8. The van der Waals surface area contributed by atoms with E-state index in [1.165, 1.54) is 32.1 Å². The van der Waals surface area contributed by atoms with E-state index in [4.69, 9.17) is 0 Å². The van der Waals surface area contributed by atoms with Crippen molar-refractivity contribution in [3.63, 3.8) is 0 Å². The lowest BCUT2D eigenvalue weighted by Gasteiger charge is -2.20. The first kappa shape index (κ1) is 16.0. The molecule has 0 heterocycles. The van der Waals surface area contributed by atoms with Gasteiger partial charge in [-0.15, -0.1) is 0 Å². The van der Waals surface area contributed by atoms with Crippen LogP contribution in [0.1, 0.15) is 51.4 Å². The van der Waals surface area contributed by atoms with Crippen LogP contribution in [0.15, 0.2) is 48.6 Å². The van der Waals surface area contributed by atoms with Gasteiger partial charge in [0.1, 0.15) is 6.29 Å². The first-order valence-corrected chi connectivity index (χ1v) is 8.48. The summed E-state index contributed by atoms with van der Waals surface area (Å²) >= 11 is 0. The fourth-order valence-electron chi connectivity index (χ4n) is 3.29. The van der Waals surface area contributed by atoms with E-state index < -0.39 is 0 Å². The molecule has 3 atom stereocenters. The van der Waals surface area contributed by atoms with E-state index in [9.17, 15) is 4.79 Å². The third kappa shape index (κ3) is 6.29. The van der Waals surface area contributed by atoms with Crippen molar-refractivity contribution in [1.82, 2.24) is 0 Å². The van der Waals surface area contributed by atoms with Crippen molar-refractivity contribution in [2.24, 2.45) is 17.8 Å². The van der Waals surface area contributed by atoms with Gasteiger partial charge in [0, 0.05) is 6.42 Å². The monoisotopic (exact) mass is 284 g/mol. The number of aldehydes is 1. The fraction of sp³-hybridized carbons (Fsp3) is 0.550. The Hall–Kier alpha value is -1.37. The zero-order valence-electron chi connectivity index (χ0n) is 13.0. The van der Waals surface area contributed by atoms with Crippen LogP contribution in [0.2, 0.25) is 0 Å². The second-order valence-electron chi connectivity index (χ2n) is 6.33. The highest BCUT2D eigenvalue weighted by Gasteiger charge is 2.14. The van der Waals surface area contributed by atoms with Crippen molar-refractivity contribution in [3.8, 4) is 0 Å². The van der Waals surface area contributed by atoms with Crippen LogP contribution >= 0.6 is 0 Å². The molecule has 0 bridgehead atoms. The second-order valence-corrected chi connectivity index (χ2v) is 6.33. The molecule has 1 heteroatoms. The summed E-state index contributed by atoms with van der Waals surface area (Å²) in [6, 6.07) is 0. The standard InChI is InChI=1S/C20H28O/c21-16-15-20(17-19-12-5-2-6-13-19)14-8-7-11-18-9-3-1-4-10-18/h1,3-5,8-9,12,14,16,18-20H,2,6-7,10-11,13,15,17H2. The van der Waals surface area contributed by atoms with E-state index in [0.717, 1.165) is 19.1 Å².